The van der Waals surface area contributed by atoms with Gasteiger partial charge in [0.2, 0.25) is 0 Å². The number of amides is 2. The Hall–Kier alpha value is -1.50. The van der Waals surface area contributed by atoms with Gasteiger partial charge in [-0.05, 0) is 37.0 Å². The Balaban J connectivity index is 1.54. The first kappa shape index (κ1) is 18.3. The summed E-state index contributed by atoms with van der Waals surface area (Å²) in [5.74, 6) is 1.20. The van der Waals surface area contributed by atoms with E-state index >= 15 is 0 Å². The molecule has 1 aliphatic carbocycles. The molecule has 1 aromatic rings. The Bertz CT molecular complexity index is 601. The van der Waals surface area contributed by atoms with Gasteiger partial charge in [0.1, 0.15) is 5.75 Å². The lowest BCUT2D eigenvalue weighted by atomic mass is 9.86. The van der Waals surface area contributed by atoms with Crippen LogP contribution in [0.2, 0.25) is 5.02 Å². The SMILES string of the molecule is O=C(NCC1(O)CCOCC1)Nc1cc(Cl)ccc1OCC1CCC1. The van der Waals surface area contributed by atoms with Crippen LogP contribution in [-0.4, -0.2) is 43.1 Å². The van der Waals surface area contributed by atoms with Crippen molar-refractivity contribution in [1.29, 1.82) is 0 Å². The summed E-state index contributed by atoms with van der Waals surface area (Å²) in [7, 11) is 0. The molecule has 138 valence electrons. The molecule has 0 aromatic heterocycles. The molecule has 2 fully saturated rings. The summed E-state index contributed by atoms with van der Waals surface area (Å²) in [5.41, 5.74) is -0.378. The van der Waals surface area contributed by atoms with Gasteiger partial charge < -0.3 is 25.2 Å². The molecule has 6 nitrogen and oxygen atoms in total. The number of nitrogens with one attached hydrogen (secondary N) is 2. The number of hydrogen-bond donors (Lipinski definition) is 3. The molecule has 1 aromatic carbocycles. The van der Waals surface area contributed by atoms with Crippen LogP contribution in [0, 0.1) is 5.92 Å². The summed E-state index contributed by atoms with van der Waals surface area (Å²) in [4.78, 5) is 12.2. The fraction of sp³-hybridized carbons (Fsp3) is 0.611. The van der Waals surface area contributed by atoms with Crippen molar-refractivity contribution in [2.75, 3.05) is 31.7 Å². The molecule has 0 unspecified atom stereocenters. The van der Waals surface area contributed by atoms with Crippen LogP contribution in [0.5, 0.6) is 5.75 Å². The maximum absolute atomic E-state index is 12.2. The van der Waals surface area contributed by atoms with E-state index in [1.807, 2.05) is 0 Å². The van der Waals surface area contributed by atoms with Gasteiger partial charge in [0.25, 0.3) is 0 Å². The van der Waals surface area contributed by atoms with Crippen LogP contribution in [0.3, 0.4) is 0 Å². The molecule has 2 aliphatic rings. The number of halogens is 1. The normalized spacial score (nSPS) is 19.8. The molecular formula is C18H25ClN2O4. The number of anilines is 1. The van der Waals surface area contributed by atoms with Gasteiger partial charge in [0.05, 0.1) is 17.9 Å². The highest BCUT2D eigenvalue weighted by Gasteiger charge is 2.30. The number of aliphatic hydroxyl groups is 1. The van der Waals surface area contributed by atoms with Crippen molar-refractivity contribution in [3.8, 4) is 5.75 Å². The van der Waals surface area contributed by atoms with Gasteiger partial charge in [-0.1, -0.05) is 18.0 Å². The molecule has 1 heterocycles. The zero-order valence-corrected chi connectivity index (χ0v) is 15.0. The second-order valence-corrected chi connectivity index (χ2v) is 7.33. The number of rotatable bonds is 6. The maximum atomic E-state index is 12.2. The van der Waals surface area contributed by atoms with Gasteiger partial charge in [0, 0.05) is 37.6 Å². The van der Waals surface area contributed by atoms with Crippen LogP contribution < -0.4 is 15.4 Å². The number of hydrogen-bond acceptors (Lipinski definition) is 4. The van der Waals surface area contributed by atoms with E-state index in [0.717, 1.165) is 0 Å². The van der Waals surface area contributed by atoms with Gasteiger partial charge in [-0.3, -0.25) is 0 Å². The van der Waals surface area contributed by atoms with E-state index in [9.17, 15) is 9.90 Å². The number of ether oxygens (including phenoxy) is 2. The molecular weight excluding hydrogens is 344 g/mol. The number of urea groups is 1. The van der Waals surface area contributed by atoms with E-state index in [-0.39, 0.29) is 6.54 Å². The number of carbonyl (C=O) groups excluding carboxylic acids is 1. The third kappa shape index (κ3) is 5.23. The van der Waals surface area contributed by atoms with Crippen molar-refractivity contribution in [1.82, 2.24) is 5.32 Å². The zero-order valence-electron chi connectivity index (χ0n) is 14.2. The predicted octanol–water partition coefficient (Wildman–Crippen LogP) is 3.18. The largest absolute Gasteiger partial charge is 0.491 e. The number of carbonyl (C=O) groups is 1. The van der Waals surface area contributed by atoms with E-state index in [0.29, 0.717) is 55.0 Å². The third-order valence-electron chi connectivity index (χ3n) is 4.89. The van der Waals surface area contributed by atoms with E-state index in [4.69, 9.17) is 21.1 Å². The topological polar surface area (TPSA) is 79.8 Å². The second-order valence-electron chi connectivity index (χ2n) is 6.89. The summed E-state index contributed by atoms with van der Waals surface area (Å²) in [6.45, 7) is 1.85. The minimum Gasteiger partial charge on any atom is -0.491 e. The Morgan fingerprint density at radius 1 is 1.36 bits per heavy atom. The highest BCUT2D eigenvalue weighted by molar-refractivity contribution is 6.31. The van der Waals surface area contributed by atoms with E-state index in [2.05, 4.69) is 10.6 Å². The second kappa shape index (κ2) is 8.25. The van der Waals surface area contributed by atoms with Crippen molar-refractivity contribution in [2.45, 2.75) is 37.7 Å². The quantitative estimate of drug-likeness (QED) is 0.720. The molecule has 0 radical (unpaired) electrons. The van der Waals surface area contributed by atoms with Crippen molar-refractivity contribution in [2.24, 2.45) is 5.92 Å². The van der Waals surface area contributed by atoms with Gasteiger partial charge in [-0.2, -0.15) is 0 Å². The first-order valence-electron chi connectivity index (χ1n) is 8.81. The van der Waals surface area contributed by atoms with Gasteiger partial charge in [0.15, 0.2) is 0 Å². The van der Waals surface area contributed by atoms with Gasteiger partial charge in [-0.15, -0.1) is 0 Å². The van der Waals surface area contributed by atoms with E-state index < -0.39 is 11.6 Å². The lowest BCUT2D eigenvalue weighted by Gasteiger charge is -2.32. The molecule has 3 rings (SSSR count). The van der Waals surface area contributed by atoms with Gasteiger partial charge in [-0.25, -0.2) is 4.79 Å². The molecule has 3 N–H and O–H groups in total. The van der Waals surface area contributed by atoms with Crippen molar-refractivity contribution in [3.63, 3.8) is 0 Å². The Labute approximate surface area is 152 Å². The summed E-state index contributed by atoms with van der Waals surface area (Å²) in [6.07, 6.45) is 4.68. The Kier molecular flexibility index (Phi) is 6.04. The molecule has 2 amide bonds. The minimum absolute atomic E-state index is 0.182. The lowest BCUT2D eigenvalue weighted by molar-refractivity contribution is -0.0598. The summed E-state index contributed by atoms with van der Waals surface area (Å²) < 4.78 is 11.1. The fourth-order valence-electron chi connectivity index (χ4n) is 2.93. The molecule has 0 spiro atoms. The average Bonchev–Trinajstić information content (AvgIpc) is 2.54. The number of benzene rings is 1. The van der Waals surface area contributed by atoms with Crippen LogP contribution in [0.1, 0.15) is 32.1 Å². The van der Waals surface area contributed by atoms with Crippen molar-refractivity contribution >= 4 is 23.3 Å². The molecule has 25 heavy (non-hydrogen) atoms. The predicted molar refractivity (Wildman–Crippen MR) is 96.3 cm³/mol. The molecule has 7 heteroatoms. The molecule has 1 saturated heterocycles. The fourth-order valence-corrected chi connectivity index (χ4v) is 3.10. The maximum Gasteiger partial charge on any atom is 0.319 e. The molecule has 0 bridgehead atoms. The van der Waals surface area contributed by atoms with Crippen LogP contribution >= 0.6 is 11.6 Å². The van der Waals surface area contributed by atoms with E-state index in [1.54, 1.807) is 18.2 Å². The smallest absolute Gasteiger partial charge is 0.319 e. The van der Waals surface area contributed by atoms with Crippen LogP contribution in [0.15, 0.2) is 18.2 Å². The Morgan fingerprint density at radius 3 is 2.80 bits per heavy atom. The molecule has 0 atom stereocenters. The van der Waals surface area contributed by atoms with Crippen molar-refractivity contribution in [3.05, 3.63) is 23.2 Å². The van der Waals surface area contributed by atoms with Crippen molar-refractivity contribution < 1.29 is 19.4 Å². The van der Waals surface area contributed by atoms with Crippen LogP contribution in [0.4, 0.5) is 10.5 Å². The zero-order chi connectivity index (χ0) is 17.7. The summed E-state index contributed by atoms with van der Waals surface area (Å²) in [5, 5.41) is 16.4. The third-order valence-corrected chi connectivity index (χ3v) is 5.13. The van der Waals surface area contributed by atoms with Crippen LogP contribution in [-0.2, 0) is 4.74 Å². The highest BCUT2D eigenvalue weighted by Crippen LogP contribution is 2.31. The van der Waals surface area contributed by atoms with Gasteiger partial charge >= 0.3 is 6.03 Å². The average molecular weight is 369 g/mol. The lowest BCUT2D eigenvalue weighted by Crippen LogP contribution is -2.47. The van der Waals surface area contributed by atoms with E-state index in [1.165, 1.54) is 19.3 Å². The Morgan fingerprint density at radius 2 is 2.12 bits per heavy atom. The first-order chi connectivity index (χ1) is 12.0. The molecule has 1 saturated carbocycles. The molecule has 1 aliphatic heterocycles. The monoisotopic (exact) mass is 368 g/mol. The highest BCUT2D eigenvalue weighted by atomic mass is 35.5. The first-order valence-corrected chi connectivity index (χ1v) is 9.19. The summed E-state index contributed by atoms with van der Waals surface area (Å²) in [6, 6.07) is 4.78. The summed E-state index contributed by atoms with van der Waals surface area (Å²) >= 11 is 6.04. The minimum atomic E-state index is -0.909. The van der Waals surface area contributed by atoms with Crippen LogP contribution in [0.25, 0.3) is 0 Å². The standard InChI is InChI=1S/C18H25ClN2O4/c19-14-4-5-16(25-11-13-2-1-3-13)15(10-14)21-17(22)20-12-18(23)6-8-24-9-7-18/h4-5,10,13,23H,1-3,6-9,11-12H2,(H2,20,21,22).